The molecule has 0 N–H and O–H groups in total. The first-order chi connectivity index (χ1) is 6.74. The number of hydrogen-bond acceptors (Lipinski definition) is 0. The minimum Gasteiger partial charge on any atom is -0.0999 e. The van der Waals surface area contributed by atoms with Crippen LogP contribution >= 0.6 is 22.6 Å². The Hall–Kier alpha value is -0.310. The summed E-state index contributed by atoms with van der Waals surface area (Å²) in [4.78, 5) is 0. The van der Waals surface area contributed by atoms with Crippen molar-refractivity contribution in [3.05, 3.63) is 45.6 Å². The van der Waals surface area contributed by atoms with E-state index in [4.69, 9.17) is 0 Å². The molecule has 1 rings (SSSR count). The molecular formula is C13H17I. The van der Waals surface area contributed by atoms with Crippen LogP contribution in [0.15, 0.2) is 36.4 Å². The molecule has 0 aliphatic carbocycles. The lowest BCUT2D eigenvalue weighted by molar-refractivity contribution is 0.787. The highest BCUT2D eigenvalue weighted by atomic mass is 127. The minimum atomic E-state index is 1.12. The Morgan fingerprint density at radius 3 is 2.71 bits per heavy atom. The van der Waals surface area contributed by atoms with Crippen molar-refractivity contribution in [2.24, 2.45) is 0 Å². The molecule has 0 fully saturated rings. The molecule has 1 heteroatoms. The standard InChI is InChI=1S/C13H17I/c1-3-11(2)7-6-9-12-8-4-5-10-13(12)14/h4-5,8,10H,2-3,6-7,9H2,1H3. The average molecular weight is 300 g/mol. The molecule has 0 spiro atoms. The van der Waals surface area contributed by atoms with E-state index >= 15 is 0 Å². The zero-order chi connectivity index (χ0) is 10.4. The molecule has 0 saturated carbocycles. The van der Waals surface area contributed by atoms with Crippen LogP contribution < -0.4 is 0 Å². The predicted octanol–water partition coefficient (Wildman–Crippen LogP) is 4.58. The summed E-state index contributed by atoms with van der Waals surface area (Å²) < 4.78 is 1.38. The lowest BCUT2D eigenvalue weighted by Crippen LogP contribution is -1.90. The van der Waals surface area contributed by atoms with E-state index in [0.29, 0.717) is 0 Å². The van der Waals surface area contributed by atoms with Crippen molar-refractivity contribution in [3.63, 3.8) is 0 Å². The van der Waals surface area contributed by atoms with Gasteiger partial charge in [-0.05, 0) is 59.9 Å². The minimum absolute atomic E-state index is 1.12. The number of allylic oxidation sites excluding steroid dienone is 1. The third kappa shape index (κ3) is 3.82. The topological polar surface area (TPSA) is 0 Å². The van der Waals surface area contributed by atoms with Crippen LogP contribution in [-0.2, 0) is 6.42 Å². The van der Waals surface area contributed by atoms with Gasteiger partial charge in [-0.2, -0.15) is 0 Å². The maximum atomic E-state index is 4.02. The fourth-order valence-corrected chi connectivity index (χ4v) is 2.06. The van der Waals surface area contributed by atoms with E-state index in [-0.39, 0.29) is 0 Å². The summed E-state index contributed by atoms with van der Waals surface area (Å²) in [5.41, 5.74) is 2.84. The summed E-state index contributed by atoms with van der Waals surface area (Å²) in [5.74, 6) is 0. The smallest absolute Gasteiger partial charge is 0.0162 e. The summed E-state index contributed by atoms with van der Waals surface area (Å²) in [7, 11) is 0. The van der Waals surface area contributed by atoms with Gasteiger partial charge < -0.3 is 0 Å². The average Bonchev–Trinajstić information content (AvgIpc) is 2.20. The molecule has 0 aliphatic heterocycles. The van der Waals surface area contributed by atoms with Crippen LogP contribution in [0.4, 0.5) is 0 Å². The molecule has 0 aliphatic rings. The van der Waals surface area contributed by atoms with Crippen molar-refractivity contribution in [2.75, 3.05) is 0 Å². The second-order valence-corrected chi connectivity index (χ2v) is 4.71. The SMILES string of the molecule is C=C(CC)CCCc1ccccc1I. The van der Waals surface area contributed by atoms with Gasteiger partial charge in [-0.25, -0.2) is 0 Å². The van der Waals surface area contributed by atoms with Gasteiger partial charge in [0.15, 0.2) is 0 Å². The van der Waals surface area contributed by atoms with Crippen molar-refractivity contribution < 1.29 is 0 Å². The number of benzene rings is 1. The molecule has 0 unspecified atom stereocenters. The lowest BCUT2D eigenvalue weighted by Gasteiger charge is -2.04. The lowest BCUT2D eigenvalue weighted by atomic mass is 10.0. The molecule has 0 amide bonds. The number of hydrogen-bond donors (Lipinski definition) is 0. The predicted molar refractivity (Wildman–Crippen MR) is 71.5 cm³/mol. The molecule has 14 heavy (non-hydrogen) atoms. The number of aryl methyl sites for hydroxylation is 1. The molecule has 0 atom stereocenters. The Bertz CT molecular complexity index is 302. The highest BCUT2D eigenvalue weighted by Crippen LogP contribution is 2.16. The quantitative estimate of drug-likeness (QED) is 0.551. The Morgan fingerprint density at radius 2 is 2.07 bits per heavy atom. The maximum Gasteiger partial charge on any atom is 0.0162 e. The summed E-state index contributed by atoms with van der Waals surface area (Å²) in [6.07, 6.45) is 4.69. The summed E-state index contributed by atoms with van der Waals surface area (Å²) in [6.45, 7) is 6.20. The van der Waals surface area contributed by atoms with Gasteiger partial charge in [0.25, 0.3) is 0 Å². The largest absolute Gasteiger partial charge is 0.0999 e. The first-order valence-electron chi connectivity index (χ1n) is 5.14. The van der Waals surface area contributed by atoms with Crippen LogP contribution in [-0.4, -0.2) is 0 Å². The van der Waals surface area contributed by atoms with Gasteiger partial charge in [-0.1, -0.05) is 37.3 Å². The van der Waals surface area contributed by atoms with Crippen molar-refractivity contribution in [1.29, 1.82) is 0 Å². The van der Waals surface area contributed by atoms with Gasteiger partial charge in [0.1, 0.15) is 0 Å². The first kappa shape index (κ1) is 11.8. The van der Waals surface area contributed by atoms with Crippen molar-refractivity contribution >= 4 is 22.6 Å². The Morgan fingerprint density at radius 1 is 1.36 bits per heavy atom. The molecule has 1 aromatic carbocycles. The summed E-state index contributed by atoms with van der Waals surface area (Å²) >= 11 is 2.40. The Kier molecular flexibility index (Phi) is 5.23. The van der Waals surface area contributed by atoms with E-state index in [1.807, 2.05) is 0 Å². The first-order valence-corrected chi connectivity index (χ1v) is 6.22. The third-order valence-electron chi connectivity index (χ3n) is 2.43. The van der Waals surface area contributed by atoms with Gasteiger partial charge in [0.05, 0.1) is 0 Å². The molecule has 0 nitrogen and oxygen atoms in total. The third-order valence-corrected chi connectivity index (χ3v) is 3.49. The van der Waals surface area contributed by atoms with Gasteiger partial charge >= 0.3 is 0 Å². The molecule has 0 saturated heterocycles. The molecular weight excluding hydrogens is 283 g/mol. The van der Waals surface area contributed by atoms with Crippen molar-refractivity contribution in [1.82, 2.24) is 0 Å². The highest BCUT2D eigenvalue weighted by Gasteiger charge is 1.98. The van der Waals surface area contributed by atoms with E-state index in [9.17, 15) is 0 Å². The zero-order valence-corrected chi connectivity index (χ0v) is 10.9. The number of rotatable bonds is 5. The monoisotopic (exact) mass is 300 g/mol. The molecule has 0 aromatic heterocycles. The van der Waals surface area contributed by atoms with Crippen LogP contribution in [0.1, 0.15) is 31.7 Å². The summed E-state index contributed by atoms with van der Waals surface area (Å²) in [5, 5.41) is 0. The Labute approximate surface area is 101 Å². The fourth-order valence-electron chi connectivity index (χ4n) is 1.41. The Balaban J connectivity index is 2.39. The van der Waals surface area contributed by atoms with Gasteiger partial charge in [-0.15, -0.1) is 0 Å². The zero-order valence-electron chi connectivity index (χ0n) is 8.72. The van der Waals surface area contributed by atoms with E-state index in [1.165, 1.54) is 34.0 Å². The molecule has 76 valence electrons. The van der Waals surface area contributed by atoms with E-state index in [2.05, 4.69) is 60.4 Å². The molecule has 1 aromatic rings. The molecule has 0 heterocycles. The van der Waals surface area contributed by atoms with Gasteiger partial charge in [-0.3, -0.25) is 0 Å². The van der Waals surface area contributed by atoms with Crippen LogP contribution in [0.5, 0.6) is 0 Å². The summed E-state index contributed by atoms with van der Waals surface area (Å²) in [6, 6.07) is 8.60. The van der Waals surface area contributed by atoms with E-state index in [1.54, 1.807) is 0 Å². The van der Waals surface area contributed by atoms with Crippen LogP contribution in [0, 0.1) is 3.57 Å². The van der Waals surface area contributed by atoms with E-state index in [0.717, 1.165) is 6.42 Å². The normalized spacial score (nSPS) is 10.1. The highest BCUT2D eigenvalue weighted by molar-refractivity contribution is 14.1. The van der Waals surface area contributed by atoms with Crippen molar-refractivity contribution in [3.8, 4) is 0 Å². The van der Waals surface area contributed by atoms with Crippen molar-refractivity contribution in [2.45, 2.75) is 32.6 Å². The van der Waals surface area contributed by atoms with E-state index < -0.39 is 0 Å². The maximum absolute atomic E-state index is 4.02. The van der Waals surface area contributed by atoms with Gasteiger partial charge in [0, 0.05) is 3.57 Å². The molecule has 0 bridgehead atoms. The van der Waals surface area contributed by atoms with Crippen LogP contribution in [0.25, 0.3) is 0 Å². The van der Waals surface area contributed by atoms with Crippen LogP contribution in [0.3, 0.4) is 0 Å². The number of halogens is 1. The fraction of sp³-hybridized carbons (Fsp3) is 0.385. The van der Waals surface area contributed by atoms with Gasteiger partial charge in [0.2, 0.25) is 0 Å². The molecule has 0 radical (unpaired) electrons. The second kappa shape index (κ2) is 6.23. The van der Waals surface area contributed by atoms with Crippen LogP contribution in [0.2, 0.25) is 0 Å². The second-order valence-electron chi connectivity index (χ2n) is 3.55.